The Hall–Kier alpha value is -1.99. The molecule has 0 fully saturated rings. The molecule has 2 aromatic rings. The molecule has 0 amide bonds. The number of hydrogen-bond donors (Lipinski definition) is 1. The van der Waals surface area contributed by atoms with Crippen molar-refractivity contribution in [3.63, 3.8) is 0 Å². The summed E-state index contributed by atoms with van der Waals surface area (Å²) in [7, 11) is -3.95. The van der Waals surface area contributed by atoms with E-state index in [4.69, 9.17) is 9.88 Å². The van der Waals surface area contributed by atoms with Gasteiger partial charge >= 0.3 is 0 Å². The lowest BCUT2D eigenvalue weighted by molar-refractivity contribution is 0.442. The standard InChI is InChI=1S/C12H11FN2O3S/c1-8-4-5-9(7-10(8)13)18-12-11(19(14,16)17)3-2-6-15-12/h2-7H,1H3,(H2,14,16,17). The fourth-order valence-corrected chi connectivity index (χ4v) is 2.02. The Morgan fingerprint density at radius 3 is 2.68 bits per heavy atom. The van der Waals surface area contributed by atoms with Crippen LogP contribution in [0.4, 0.5) is 4.39 Å². The molecule has 1 aromatic heterocycles. The van der Waals surface area contributed by atoms with Gasteiger partial charge in [0.1, 0.15) is 16.5 Å². The average molecular weight is 282 g/mol. The largest absolute Gasteiger partial charge is 0.438 e. The van der Waals surface area contributed by atoms with E-state index in [1.165, 1.54) is 30.5 Å². The summed E-state index contributed by atoms with van der Waals surface area (Å²) in [4.78, 5) is 3.53. The molecule has 2 N–H and O–H groups in total. The second kappa shape index (κ2) is 4.94. The quantitative estimate of drug-likeness (QED) is 0.933. The molecule has 0 bridgehead atoms. The molecule has 0 saturated carbocycles. The maximum atomic E-state index is 13.4. The predicted octanol–water partition coefficient (Wildman–Crippen LogP) is 1.97. The number of nitrogens with two attached hydrogens (primary N) is 1. The van der Waals surface area contributed by atoms with Crippen LogP contribution >= 0.6 is 0 Å². The third kappa shape index (κ3) is 3.07. The molecule has 0 saturated heterocycles. The van der Waals surface area contributed by atoms with E-state index in [9.17, 15) is 12.8 Å². The van der Waals surface area contributed by atoms with Crippen LogP contribution in [0.15, 0.2) is 41.4 Å². The number of halogens is 1. The molecule has 0 spiro atoms. The second-order valence-electron chi connectivity index (χ2n) is 3.86. The Morgan fingerprint density at radius 1 is 1.32 bits per heavy atom. The number of hydrogen-bond acceptors (Lipinski definition) is 4. The highest BCUT2D eigenvalue weighted by Crippen LogP contribution is 2.26. The minimum Gasteiger partial charge on any atom is -0.438 e. The number of ether oxygens (including phenoxy) is 1. The highest BCUT2D eigenvalue weighted by Gasteiger charge is 2.16. The number of sulfonamides is 1. The zero-order valence-corrected chi connectivity index (χ0v) is 10.8. The van der Waals surface area contributed by atoms with E-state index in [-0.39, 0.29) is 16.5 Å². The number of aromatic nitrogens is 1. The Morgan fingerprint density at radius 2 is 2.05 bits per heavy atom. The molecule has 0 atom stereocenters. The molecule has 19 heavy (non-hydrogen) atoms. The summed E-state index contributed by atoms with van der Waals surface area (Å²) in [6, 6.07) is 6.87. The lowest BCUT2D eigenvalue weighted by atomic mass is 10.2. The van der Waals surface area contributed by atoms with Gasteiger partial charge in [-0.05, 0) is 30.7 Å². The van der Waals surface area contributed by atoms with Crippen LogP contribution in [-0.4, -0.2) is 13.4 Å². The maximum absolute atomic E-state index is 13.4. The molecular formula is C12H11FN2O3S. The van der Waals surface area contributed by atoms with Gasteiger partial charge in [-0.3, -0.25) is 0 Å². The molecule has 0 aliphatic rings. The number of nitrogens with zero attached hydrogens (tertiary/aromatic N) is 1. The zero-order valence-electron chi connectivity index (χ0n) is 10.00. The van der Waals surface area contributed by atoms with Crippen molar-refractivity contribution in [2.75, 3.05) is 0 Å². The first-order valence-electron chi connectivity index (χ1n) is 5.30. The number of benzene rings is 1. The van der Waals surface area contributed by atoms with Crippen molar-refractivity contribution >= 4 is 10.0 Å². The van der Waals surface area contributed by atoms with E-state index in [1.54, 1.807) is 6.92 Å². The zero-order chi connectivity index (χ0) is 14.0. The van der Waals surface area contributed by atoms with Gasteiger partial charge in [-0.1, -0.05) is 6.07 Å². The van der Waals surface area contributed by atoms with Crippen LogP contribution < -0.4 is 9.88 Å². The van der Waals surface area contributed by atoms with Gasteiger partial charge in [-0.2, -0.15) is 0 Å². The van der Waals surface area contributed by atoms with Crippen LogP contribution in [0.25, 0.3) is 0 Å². The van der Waals surface area contributed by atoms with E-state index in [0.29, 0.717) is 5.56 Å². The van der Waals surface area contributed by atoms with Gasteiger partial charge in [0, 0.05) is 12.3 Å². The normalized spacial score (nSPS) is 11.3. The van der Waals surface area contributed by atoms with E-state index in [0.717, 1.165) is 6.07 Å². The summed E-state index contributed by atoms with van der Waals surface area (Å²) < 4.78 is 41.3. The van der Waals surface area contributed by atoms with E-state index in [1.807, 2.05) is 0 Å². The molecule has 1 aromatic carbocycles. The molecule has 0 radical (unpaired) electrons. The van der Waals surface area contributed by atoms with Crippen LogP contribution in [0.3, 0.4) is 0 Å². The SMILES string of the molecule is Cc1ccc(Oc2ncccc2S(N)(=O)=O)cc1F. The fourth-order valence-electron chi connectivity index (χ4n) is 1.42. The Kier molecular flexibility index (Phi) is 3.50. The number of rotatable bonds is 3. The van der Waals surface area contributed by atoms with Gasteiger partial charge < -0.3 is 4.74 Å². The van der Waals surface area contributed by atoms with Crippen molar-refractivity contribution in [1.29, 1.82) is 0 Å². The molecule has 100 valence electrons. The first-order valence-corrected chi connectivity index (χ1v) is 6.84. The lowest BCUT2D eigenvalue weighted by Crippen LogP contribution is -2.13. The minimum absolute atomic E-state index is 0.145. The summed E-state index contributed by atoms with van der Waals surface area (Å²) in [5.74, 6) is -0.495. The van der Waals surface area contributed by atoms with Crippen LogP contribution in [0.2, 0.25) is 0 Å². The molecule has 0 aliphatic carbocycles. The van der Waals surface area contributed by atoms with E-state index >= 15 is 0 Å². The van der Waals surface area contributed by atoms with E-state index in [2.05, 4.69) is 4.98 Å². The van der Waals surface area contributed by atoms with Crippen LogP contribution in [0, 0.1) is 12.7 Å². The first-order chi connectivity index (χ1) is 8.88. The topological polar surface area (TPSA) is 82.3 Å². The molecule has 2 rings (SSSR count). The molecule has 0 unspecified atom stereocenters. The minimum atomic E-state index is -3.95. The van der Waals surface area contributed by atoms with Gasteiger partial charge in [-0.25, -0.2) is 22.9 Å². The van der Waals surface area contributed by atoms with Gasteiger partial charge in [-0.15, -0.1) is 0 Å². The van der Waals surface area contributed by atoms with Crippen LogP contribution in [0.1, 0.15) is 5.56 Å². The van der Waals surface area contributed by atoms with Gasteiger partial charge in [0.2, 0.25) is 15.9 Å². The molecule has 0 aliphatic heterocycles. The van der Waals surface area contributed by atoms with Crippen LogP contribution in [-0.2, 0) is 10.0 Å². The Labute approximate surface area is 109 Å². The highest BCUT2D eigenvalue weighted by atomic mass is 32.2. The summed E-state index contributed by atoms with van der Waals surface area (Å²) >= 11 is 0. The number of aryl methyl sites for hydroxylation is 1. The number of pyridine rings is 1. The Balaban J connectivity index is 2.41. The molecule has 1 heterocycles. The third-order valence-corrected chi connectivity index (χ3v) is 3.32. The second-order valence-corrected chi connectivity index (χ2v) is 5.39. The summed E-state index contributed by atoms with van der Waals surface area (Å²) in [6.07, 6.45) is 1.36. The average Bonchev–Trinajstić information content (AvgIpc) is 2.33. The van der Waals surface area contributed by atoms with Crippen molar-refractivity contribution in [2.24, 2.45) is 5.14 Å². The van der Waals surface area contributed by atoms with Crippen molar-refractivity contribution in [3.8, 4) is 11.6 Å². The fraction of sp³-hybridized carbons (Fsp3) is 0.0833. The van der Waals surface area contributed by atoms with Gasteiger partial charge in [0.25, 0.3) is 0 Å². The van der Waals surface area contributed by atoms with Gasteiger partial charge in [0.05, 0.1) is 0 Å². The maximum Gasteiger partial charge on any atom is 0.243 e. The van der Waals surface area contributed by atoms with Crippen molar-refractivity contribution < 1.29 is 17.5 Å². The van der Waals surface area contributed by atoms with E-state index < -0.39 is 15.8 Å². The monoisotopic (exact) mass is 282 g/mol. The van der Waals surface area contributed by atoms with Crippen molar-refractivity contribution in [2.45, 2.75) is 11.8 Å². The predicted molar refractivity (Wildman–Crippen MR) is 66.8 cm³/mol. The molecular weight excluding hydrogens is 271 g/mol. The lowest BCUT2D eigenvalue weighted by Gasteiger charge is -2.08. The van der Waals surface area contributed by atoms with Crippen molar-refractivity contribution in [3.05, 3.63) is 47.9 Å². The smallest absolute Gasteiger partial charge is 0.243 e. The molecule has 5 nitrogen and oxygen atoms in total. The summed E-state index contributed by atoms with van der Waals surface area (Å²) in [5, 5.41) is 5.04. The number of primary sulfonamides is 1. The summed E-state index contributed by atoms with van der Waals surface area (Å²) in [5.41, 5.74) is 0.458. The third-order valence-electron chi connectivity index (χ3n) is 2.40. The molecule has 7 heteroatoms. The van der Waals surface area contributed by atoms with Crippen molar-refractivity contribution in [1.82, 2.24) is 4.98 Å². The highest BCUT2D eigenvalue weighted by molar-refractivity contribution is 7.89. The first kappa shape index (κ1) is 13.4. The Bertz CT molecular complexity index is 717. The summed E-state index contributed by atoms with van der Waals surface area (Å²) in [6.45, 7) is 1.61. The van der Waals surface area contributed by atoms with Crippen LogP contribution in [0.5, 0.6) is 11.6 Å². The van der Waals surface area contributed by atoms with Gasteiger partial charge in [0.15, 0.2) is 0 Å².